The zero-order valence-corrected chi connectivity index (χ0v) is 14.9. The van der Waals surface area contributed by atoms with Crippen LogP contribution in [0.4, 0.5) is 10.5 Å². The van der Waals surface area contributed by atoms with E-state index in [1.807, 2.05) is 6.07 Å². The number of ether oxygens (including phenoxy) is 1. The molecule has 1 aliphatic heterocycles. The number of anilines is 1. The van der Waals surface area contributed by atoms with Crippen LogP contribution in [0.2, 0.25) is 0 Å². The normalized spacial score (nSPS) is 15.6. The Morgan fingerprint density at radius 1 is 1.24 bits per heavy atom. The Labute approximate surface area is 152 Å². The third kappa shape index (κ3) is 3.36. The molecule has 128 valence electrons. The van der Waals surface area contributed by atoms with Crippen molar-refractivity contribution in [3.63, 3.8) is 0 Å². The van der Waals surface area contributed by atoms with Gasteiger partial charge in [0.1, 0.15) is 5.70 Å². The Bertz CT molecular complexity index is 865. The zero-order chi connectivity index (χ0) is 18.0. The van der Waals surface area contributed by atoms with Crippen LogP contribution in [-0.2, 0) is 4.79 Å². The Kier molecular flexibility index (Phi) is 4.76. The number of urea groups is 1. The molecule has 2 N–H and O–H groups in total. The van der Waals surface area contributed by atoms with E-state index in [0.29, 0.717) is 28.1 Å². The number of rotatable bonds is 4. The number of aromatic hydroxyl groups is 1. The van der Waals surface area contributed by atoms with Crippen LogP contribution in [0.1, 0.15) is 12.5 Å². The van der Waals surface area contributed by atoms with E-state index in [4.69, 9.17) is 4.74 Å². The summed E-state index contributed by atoms with van der Waals surface area (Å²) >= 11 is 3.25. The van der Waals surface area contributed by atoms with Crippen molar-refractivity contribution in [3.8, 4) is 11.5 Å². The molecule has 0 saturated carbocycles. The van der Waals surface area contributed by atoms with E-state index in [0.717, 1.165) is 4.90 Å². The van der Waals surface area contributed by atoms with Gasteiger partial charge in [0.2, 0.25) is 0 Å². The van der Waals surface area contributed by atoms with Gasteiger partial charge in [-0.25, -0.2) is 9.69 Å². The summed E-state index contributed by atoms with van der Waals surface area (Å²) in [5, 5.41) is 12.5. The van der Waals surface area contributed by atoms with Gasteiger partial charge in [-0.15, -0.1) is 0 Å². The topological polar surface area (TPSA) is 78.9 Å². The lowest BCUT2D eigenvalue weighted by Gasteiger charge is -2.11. The number of hydrogen-bond donors (Lipinski definition) is 2. The van der Waals surface area contributed by atoms with Gasteiger partial charge in [0.25, 0.3) is 5.91 Å². The summed E-state index contributed by atoms with van der Waals surface area (Å²) in [6, 6.07) is 11.4. The minimum atomic E-state index is -0.509. The van der Waals surface area contributed by atoms with Crippen molar-refractivity contribution < 1.29 is 19.4 Å². The van der Waals surface area contributed by atoms with Gasteiger partial charge in [-0.2, -0.15) is 0 Å². The Balaban J connectivity index is 1.95. The summed E-state index contributed by atoms with van der Waals surface area (Å²) in [4.78, 5) is 25.8. The molecule has 25 heavy (non-hydrogen) atoms. The molecule has 0 aliphatic carbocycles. The highest BCUT2D eigenvalue weighted by atomic mass is 79.9. The average molecular weight is 403 g/mol. The van der Waals surface area contributed by atoms with E-state index in [1.165, 1.54) is 6.08 Å². The SMILES string of the molecule is CCOc1cc(/C=C2\NC(=O)N(c3ccccc3)C2=O)cc(Br)c1O. The first-order valence-corrected chi connectivity index (χ1v) is 8.38. The first-order valence-electron chi connectivity index (χ1n) is 7.58. The van der Waals surface area contributed by atoms with Gasteiger partial charge in [0.15, 0.2) is 11.5 Å². The fourth-order valence-electron chi connectivity index (χ4n) is 2.46. The number of benzene rings is 2. The third-order valence-corrected chi connectivity index (χ3v) is 4.16. The molecule has 1 aliphatic rings. The number of nitrogens with zero attached hydrogens (tertiary/aromatic N) is 1. The van der Waals surface area contributed by atoms with Crippen LogP contribution in [0.25, 0.3) is 6.08 Å². The summed E-state index contributed by atoms with van der Waals surface area (Å²) < 4.78 is 5.80. The van der Waals surface area contributed by atoms with Gasteiger partial charge in [0, 0.05) is 0 Å². The summed E-state index contributed by atoms with van der Waals surface area (Å²) in [6.45, 7) is 2.19. The van der Waals surface area contributed by atoms with Gasteiger partial charge < -0.3 is 15.2 Å². The van der Waals surface area contributed by atoms with Crippen LogP contribution in [-0.4, -0.2) is 23.7 Å². The van der Waals surface area contributed by atoms with E-state index < -0.39 is 11.9 Å². The second-order valence-electron chi connectivity index (χ2n) is 5.25. The predicted octanol–water partition coefficient (Wildman–Crippen LogP) is 3.65. The zero-order valence-electron chi connectivity index (χ0n) is 13.3. The molecule has 2 aromatic carbocycles. The van der Waals surface area contributed by atoms with Gasteiger partial charge in [0.05, 0.1) is 16.8 Å². The van der Waals surface area contributed by atoms with Crippen molar-refractivity contribution in [2.24, 2.45) is 0 Å². The highest BCUT2D eigenvalue weighted by molar-refractivity contribution is 9.10. The molecule has 0 spiro atoms. The number of phenolic OH excluding ortho intramolecular Hbond substituents is 1. The van der Waals surface area contributed by atoms with Crippen molar-refractivity contribution in [2.75, 3.05) is 11.5 Å². The molecule has 1 saturated heterocycles. The largest absolute Gasteiger partial charge is 0.503 e. The molecule has 0 unspecified atom stereocenters. The van der Waals surface area contributed by atoms with E-state index >= 15 is 0 Å². The van der Waals surface area contributed by atoms with Gasteiger partial charge in [-0.3, -0.25) is 4.79 Å². The molecule has 3 rings (SSSR count). The number of para-hydroxylation sites is 1. The van der Waals surface area contributed by atoms with Crippen molar-refractivity contribution in [3.05, 3.63) is 58.2 Å². The highest BCUT2D eigenvalue weighted by Gasteiger charge is 2.34. The van der Waals surface area contributed by atoms with E-state index in [9.17, 15) is 14.7 Å². The summed E-state index contributed by atoms with van der Waals surface area (Å²) in [5.41, 5.74) is 1.25. The molecular formula is C18H15BrN2O4. The van der Waals surface area contributed by atoms with Crippen LogP contribution in [0.3, 0.4) is 0 Å². The minimum Gasteiger partial charge on any atom is -0.503 e. The molecule has 0 atom stereocenters. The number of amides is 3. The molecule has 0 aromatic heterocycles. The summed E-state index contributed by atoms with van der Waals surface area (Å²) in [7, 11) is 0. The molecule has 6 nitrogen and oxygen atoms in total. The van der Waals surface area contributed by atoms with Crippen LogP contribution in [0, 0.1) is 0 Å². The molecule has 0 radical (unpaired) electrons. The van der Waals surface area contributed by atoms with Crippen molar-refractivity contribution >= 4 is 39.6 Å². The fourth-order valence-corrected chi connectivity index (χ4v) is 2.92. The second-order valence-corrected chi connectivity index (χ2v) is 6.10. The standard InChI is InChI=1S/C18H15BrN2O4/c1-2-25-15-10-11(8-13(19)16(15)22)9-14-17(23)21(18(24)20-14)12-6-4-3-5-7-12/h3-10,22H,2H2,1H3,(H,20,24)/b14-9-. The maximum atomic E-state index is 12.6. The molecular weight excluding hydrogens is 388 g/mol. The lowest BCUT2D eigenvalue weighted by Crippen LogP contribution is -2.30. The lowest BCUT2D eigenvalue weighted by atomic mass is 10.1. The van der Waals surface area contributed by atoms with Crippen molar-refractivity contribution in [1.82, 2.24) is 5.32 Å². The van der Waals surface area contributed by atoms with E-state index in [2.05, 4.69) is 21.2 Å². The maximum absolute atomic E-state index is 12.6. The molecule has 2 aromatic rings. The van der Waals surface area contributed by atoms with E-state index in [-0.39, 0.29) is 11.4 Å². The molecule has 7 heteroatoms. The Morgan fingerprint density at radius 2 is 1.96 bits per heavy atom. The maximum Gasteiger partial charge on any atom is 0.333 e. The van der Waals surface area contributed by atoms with Gasteiger partial charge in [-0.05, 0) is 58.8 Å². The summed E-state index contributed by atoms with van der Waals surface area (Å²) in [6.07, 6.45) is 1.54. The molecule has 1 heterocycles. The van der Waals surface area contributed by atoms with Crippen LogP contribution in [0.5, 0.6) is 11.5 Å². The minimum absolute atomic E-state index is 0.0169. The monoisotopic (exact) mass is 402 g/mol. The van der Waals surface area contributed by atoms with Gasteiger partial charge in [-0.1, -0.05) is 18.2 Å². The summed E-state index contributed by atoms with van der Waals surface area (Å²) in [5.74, 6) is -0.171. The Morgan fingerprint density at radius 3 is 2.64 bits per heavy atom. The first kappa shape index (κ1) is 17.0. The second kappa shape index (κ2) is 6.98. The molecule has 1 fully saturated rings. The highest BCUT2D eigenvalue weighted by Crippen LogP contribution is 2.36. The van der Waals surface area contributed by atoms with Crippen molar-refractivity contribution in [2.45, 2.75) is 6.92 Å². The number of imide groups is 1. The lowest BCUT2D eigenvalue weighted by molar-refractivity contribution is -0.113. The Hall–Kier alpha value is -2.80. The number of halogens is 1. The van der Waals surface area contributed by atoms with E-state index in [1.54, 1.807) is 43.3 Å². The van der Waals surface area contributed by atoms with Crippen molar-refractivity contribution in [1.29, 1.82) is 0 Å². The molecule has 3 amide bonds. The van der Waals surface area contributed by atoms with Gasteiger partial charge >= 0.3 is 6.03 Å². The number of carbonyl (C=O) groups is 2. The quantitative estimate of drug-likeness (QED) is 0.604. The predicted molar refractivity (Wildman–Crippen MR) is 97.4 cm³/mol. The number of phenols is 1. The van der Waals surface area contributed by atoms with Crippen LogP contribution < -0.4 is 15.0 Å². The first-order chi connectivity index (χ1) is 12.0. The third-order valence-electron chi connectivity index (χ3n) is 3.55. The number of nitrogens with one attached hydrogen (secondary N) is 1. The fraction of sp³-hybridized carbons (Fsp3) is 0.111. The van der Waals surface area contributed by atoms with Crippen LogP contribution in [0.15, 0.2) is 52.6 Å². The number of carbonyl (C=O) groups excluding carboxylic acids is 2. The average Bonchev–Trinajstić information content (AvgIpc) is 2.87. The van der Waals surface area contributed by atoms with Crippen LogP contribution >= 0.6 is 15.9 Å². The smallest absolute Gasteiger partial charge is 0.333 e. The molecule has 0 bridgehead atoms. The number of hydrogen-bond acceptors (Lipinski definition) is 4.